The van der Waals surface area contributed by atoms with Crippen molar-refractivity contribution < 1.29 is 4.42 Å². The van der Waals surface area contributed by atoms with Gasteiger partial charge in [0.15, 0.2) is 0 Å². The van der Waals surface area contributed by atoms with E-state index in [1.54, 1.807) is 11.3 Å². The molecule has 27 heavy (non-hydrogen) atoms. The molecule has 4 nitrogen and oxygen atoms in total. The Balaban J connectivity index is 1.41. The van der Waals surface area contributed by atoms with Gasteiger partial charge in [-0.2, -0.15) is 0 Å². The third-order valence-electron chi connectivity index (χ3n) is 4.14. The molecule has 136 valence electrons. The van der Waals surface area contributed by atoms with Gasteiger partial charge >= 0.3 is 0 Å². The maximum absolute atomic E-state index is 5.74. The van der Waals surface area contributed by atoms with Gasteiger partial charge in [0.25, 0.3) is 5.22 Å². The zero-order chi connectivity index (χ0) is 18.6. The average molecular weight is 394 g/mol. The number of rotatable bonds is 6. The molecule has 0 aliphatic carbocycles. The smallest absolute Gasteiger partial charge is 0.277 e. The molecule has 0 N–H and O–H groups in total. The first-order valence-electron chi connectivity index (χ1n) is 8.76. The molecule has 4 aromatic rings. The lowest BCUT2D eigenvalue weighted by Gasteiger charge is -2.05. The van der Waals surface area contributed by atoms with Gasteiger partial charge in [-0.1, -0.05) is 68.1 Å². The third-order valence-corrected chi connectivity index (χ3v) is 6.24. The lowest BCUT2D eigenvalue weighted by molar-refractivity contribution is 0.466. The minimum Gasteiger partial charge on any atom is -0.411 e. The second kappa shape index (κ2) is 8.06. The van der Waals surface area contributed by atoms with Crippen molar-refractivity contribution in [2.24, 2.45) is 0 Å². The van der Waals surface area contributed by atoms with Gasteiger partial charge in [-0.3, -0.25) is 0 Å². The van der Waals surface area contributed by atoms with E-state index in [0.717, 1.165) is 21.9 Å². The Labute approximate surface area is 166 Å². The first-order valence-corrected chi connectivity index (χ1v) is 10.6. The van der Waals surface area contributed by atoms with Crippen LogP contribution in [0.1, 0.15) is 30.2 Å². The average Bonchev–Trinajstić information content (AvgIpc) is 3.37. The van der Waals surface area contributed by atoms with Crippen molar-refractivity contribution in [2.45, 2.75) is 30.7 Å². The predicted octanol–water partition coefficient (Wildman–Crippen LogP) is 6.28. The van der Waals surface area contributed by atoms with Crippen LogP contribution in [0.3, 0.4) is 0 Å². The SMILES string of the molecule is CC(C)c1ccc(-c2ncc(CSc3nnc(-c4ccccc4)o3)s2)cc1. The van der Waals surface area contributed by atoms with E-state index in [2.05, 4.69) is 53.3 Å². The summed E-state index contributed by atoms with van der Waals surface area (Å²) in [4.78, 5) is 5.75. The highest BCUT2D eigenvalue weighted by Gasteiger charge is 2.11. The van der Waals surface area contributed by atoms with Gasteiger partial charge < -0.3 is 4.42 Å². The zero-order valence-electron chi connectivity index (χ0n) is 15.1. The Bertz CT molecular complexity index is 1010. The highest BCUT2D eigenvalue weighted by Crippen LogP contribution is 2.31. The fourth-order valence-corrected chi connectivity index (χ4v) is 4.32. The van der Waals surface area contributed by atoms with Crippen LogP contribution in [-0.4, -0.2) is 15.2 Å². The monoisotopic (exact) mass is 393 g/mol. The highest BCUT2D eigenvalue weighted by molar-refractivity contribution is 7.98. The fraction of sp³-hybridized carbons (Fsp3) is 0.190. The van der Waals surface area contributed by atoms with Crippen molar-refractivity contribution in [3.8, 4) is 22.0 Å². The summed E-state index contributed by atoms with van der Waals surface area (Å²) in [6.45, 7) is 4.41. The number of benzene rings is 2. The molecule has 0 aliphatic heterocycles. The van der Waals surface area contributed by atoms with Crippen molar-refractivity contribution in [1.29, 1.82) is 0 Å². The molecule has 0 unspecified atom stereocenters. The number of hydrogen-bond acceptors (Lipinski definition) is 6. The Kier molecular flexibility index (Phi) is 5.36. The first-order chi connectivity index (χ1) is 13.2. The van der Waals surface area contributed by atoms with E-state index in [1.807, 2.05) is 36.5 Å². The van der Waals surface area contributed by atoms with E-state index < -0.39 is 0 Å². The van der Waals surface area contributed by atoms with Gasteiger partial charge in [-0.25, -0.2) is 4.98 Å². The van der Waals surface area contributed by atoms with E-state index >= 15 is 0 Å². The van der Waals surface area contributed by atoms with Crippen molar-refractivity contribution >= 4 is 23.1 Å². The van der Waals surface area contributed by atoms with E-state index in [1.165, 1.54) is 22.2 Å². The Morgan fingerprint density at radius 2 is 1.74 bits per heavy atom. The molecule has 6 heteroatoms. The molecule has 0 aliphatic rings. The van der Waals surface area contributed by atoms with Crippen LogP contribution in [-0.2, 0) is 5.75 Å². The largest absolute Gasteiger partial charge is 0.411 e. The van der Waals surface area contributed by atoms with Gasteiger partial charge in [0.05, 0.1) is 0 Å². The summed E-state index contributed by atoms with van der Waals surface area (Å²) in [6, 6.07) is 18.5. The summed E-state index contributed by atoms with van der Waals surface area (Å²) in [5, 5.41) is 9.87. The molecular formula is C21H19N3OS2. The minimum atomic E-state index is 0.539. The predicted molar refractivity (Wildman–Crippen MR) is 111 cm³/mol. The van der Waals surface area contributed by atoms with Crippen molar-refractivity contribution in [3.63, 3.8) is 0 Å². The summed E-state index contributed by atoms with van der Waals surface area (Å²) in [5.74, 6) is 1.85. The molecule has 0 fully saturated rings. The molecule has 0 saturated heterocycles. The lowest BCUT2D eigenvalue weighted by atomic mass is 10.0. The molecule has 4 rings (SSSR count). The highest BCUT2D eigenvalue weighted by atomic mass is 32.2. The molecule has 0 radical (unpaired) electrons. The number of nitrogens with zero attached hydrogens (tertiary/aromatic N) is 3. The fourth-order valence-electron chi connectivity index (χ4n) is 2.62. The Morgan fingerprint density at radius 3 is 2.48 bits per heavy atom. The van der Waals surface area contributed by atoms with Crippen LogP contribution in [0.15, 0.2) is 70.4 Å². The summed E-state index contributed by atoms with van der Waals surface area (Å²) < 4.78 is 5.74. The summed E-state index contributed by atoms with van der Waals surface area (Å²) in [5.41, 5.74) is 3.43. The number of thiazole rings is 1. The van der Waals surface area contributed by atoms with Gasteiger partial charge in [-0.05, 0) is 23.6 Å². The third kappa shape index (κ3) is 4.28. The standard InChI is InChI=1S/C21H19N3OS2/c1-14(2)15-8-10-17(11-9-15)20-22-12-18(27-20)13-26-21-24-23-19(25-21)16-6-4-3-5-7-16/h3-12,14H,13H2,1-2H3. The normalized spacial score (nSPS) is 11.2. The van der Waals surface area contributed by atoms with E-state index in [0.29, 0.717) is 17.0 Å². The number of aromatic nitrogens is 3. The molecule has 0 bridgehead atoms. The summed E-state index contributed by atoms with van der Waals surface area (Å²) >= 11 is 3.23. The van der Waals surface area contributed by atoms with Crippen LogP contribution >= 0.6 is 23.1 Å². The molecule has 0 saturated carbocycles. The molecule has 0 amide bonds. The van der Waals surface area contributed by atoms with Crippen LogP contribution in [0.2, 0.25) is 0 Å². The van der Waals surface area contributed by atoms with Gasteiger partial charge in [0, 0.05) is 28.0 Å². The molecular weight excluding hydrogens is 374 g/mol. The second-order valence-electron chi connectivity index (χ2n) is 6.44. The van der Waals surface area contributed by atoms with E-state index in [4.69, 9.17) is 4.42 Å². The minimum absolute atomic E-state index is 0.539. The maximum Gasteiger partial charge on any atom is 0.277 e. The van der Waals surface area contributed by atoms with Gasteiger partial charge in [-0.15, -0.1) is 21.5 Å². The summed E-state index contributed by atoms with van der Waals surface area (Å²) in [7, 11) is 0. The van der Waals surface area contributed by atoms with Crippen molar-refractivity contribution in [1.82, 2.24) is 15.2 Å². The number of hydrogen-bond donors (Lipinski definition) is 0. The van der Waals surface area contributed by atoms with Crippen LogP contribution in [0.5, 0.6) is 0 Å². The van der Waals surface area contributed by atoms with Crippen LogP contribution < -0.4 is 0 Å². The van der Waals surface area contributed by atoms with E-state index in [9.17, 15) is 0 Å². The topological polar surface area (TPSA) is 51.8 Å². The molecule has 2 aromatic carbocycles. The molecule has 2 aromatic heterocycles. The second-order valence-corrected chi connectivity index (χ2v) is 8.48. The van der Waals surface area contributed by atoms with Crippen molar-refractivity contribution in [3.05, 3.63) is 71.2 Å². The molecule has 2 heterocycles. The Hall–Kier alpha value is -2.44. The van der Waals surface area contributed by atoms with Crippen molar-refractivity contribution in [2.75, 3.05) is 0 Å². The Morgan fingerprint density at radius 1 is 0.963 bits per heavy atom. The maximum atomic E-state index is 5.74. The molecule has 0 atom stereocenters. The van der Waals surface area contributed by atoms with Crippen LogP contribution in [0.25, 0.3) is 22.0 Å². The lowest BCUT2D eigenvalue weighted by Crippen LogP contribution is -1.86. The van der Waals surface area contributed by atoms with E-state index in [-0.39, 0.29) is 0 Å². The number of thioether (sulfide) groups is 1. The van der Waals surface area contributed by atoms with Gasteiger partial charge in [0.2, 0.25) is 5.89 Å². The first kappa shape index (κ1) is 17.9. The van der Waals surface area contributed by atoms with Crippen LogP contribution in [0.4, 0.5) is 0 Å². The quantitative estimate of drug-likeness (QED) is 0.361. The van der Waals surface area contributed by atoms with Gasteiger partial charge in [0.1, 0.15) is 5.01 Å². The van der Waals surface area contributed by atoms with Crippen LogP contribution in [0, 0.1) is 0 Å². The summed E-state index contributed by atoms with van der Waals surface area (Å²) in [6.07, 6.45) is 1.93. The zero-order valence-corrected chi connectivity index (χ0v) is 16.8. The molecule has 0 spiro atoms.